The average Bonchev–Trinajstić information content (AvgIpc) is 2.24. The third kappa shape index (κ3) is 3.57. The molecule has 0 aromatic carbocycles. The van der Waals surface area contributed by atoms with Crippen LogP contribution in [-0.4, -0.2) is 29.7 Å². The van der Waals surface area contributed by atoms with Crippen molar-refractivity contribution in [3.63, 3.8) is 0 Å². The molecule has 0 aliphatic heterocycles. The summed E-state index contributed by atoms with van der Waals surface area (Å²) in [5.74, 6) is 0.536. The van der Waals surface area contributed by atoms with Crippen LogP contribution in [0.15, 0.2) is 12.3 Å². The van der Waals surface area contributed by atoms with Crippen molar-refractivity contribution in [2.45, 2.75) is 13.3 Å². The summed E-state index contributed by atoms with van der Waals surface area (Å²) >= 11 is 0. The third-order valence-corrected chi connectivity index (χ3v) is 1.41. The van der Waals surface area contributed by atoms with Crippen LogP contribution < -0.4 is 15.2 Å². The van der Waals surface area contributed by atoms with Crippen LogP contribution in [0.1, 0.15) is 13.3 Å². The molecule has 0 bridgehead atoms. The predicted octanol–water partition coefficient (Wildman–Crippen LogP) is 0.603. The Labute approximate surface area is 83.3 Å². The van der Waals surface area contributed by atoms with E-state index < -0.39 is 0 Å². The predicted molar refractivity (Wildman–Crippen MR) is 52.4 cm³/mol. The molecule has 2 N–H and O–H groups in total. The fourth-order valence-electron chi connectivity index (χ4n) is 0.832. The lowest BCUT2D eigenvalue weighted by atomic mass is 10.5. The van der Waals surface area contributed by atoms with Crippen molar-refractivity contribution in [1.82, 2.24) is 9.97 Å². The van der Waals surface area contributed by atoms with Crippen molar-refractivity contribution in [3.05, 3.63) is 12.3 Å². The van der Waals surface area contributed by atoms with E-state index in [2.05, 4.69) is 9.97 Å². The lowest BCUT2D eigenvalue weighted by Gasteiger charge is -2.05. The van der Waals surface area contributed by atoms with Gasteiger partial charge in [0.25, 0.3) is 0 Å². The molecule has 0 aliphatic carbocycles. The molecule has 0 saturated carbocycles. The minimum Gasteiger partial charge on any atom is -0.478 e. The normalized spacial score (nSPS) is 9.86. The molecule has 0 atom stereocenters. The first-order chi connectivity index (χ1) is 6.86. The lowest BCUT2D eigenvalue weighted by Crippen LogP contribution is -2.12. The largest absolute Gasteiger partial charge is 0.478 e. The summed E-state index contributed by atoms with van der Waals surface area (Å²) in [7, 11) is 0. The Kier molecular flexibility index (Phi) is 4.71. The zero-order valence-corrected chi connectivity index (χ0v) is 8.27. The van der Waals surface area contributed by atoms with Crippen molar-refractivity contribution in [3.8, 4) is 11.9 Å². The first-order valence-electron chi connectivity index (χ1n) is 4.65. The van der Waals surface area contributed by atoms with Gasteiger partial charge in [0.2, 0.25) is 5.88 Å². The zero-order chi connectivity index (χ0) is 10.2. The maximum atomic E-state index is 5.31. The molecule has 0 amide bonds. The highest BCUT2D eigenvalue weighted by Gasteiger charge is 1.99. The number of nitrogens with two attached hydrogens (primary N) is 1. The first-order valence-corrected chi connectivity index (χ1v) is 4.65. The summed E-state index contributed by atoms with van der Waals surface area (Å²) in [5, 5.41) is 0. The topological polar surface area (TPSA) is 70.3 Å². The Morgan fingerprint density at radius 2 is 2.21 bits per heavy atom. The second kappa shape index (κ2) is 6.15. The van der Waals surface area contributed by atoms with E-state index in [0.717, 1.165) is 6.42 Å². The second-order valence-corrected chi connectivity index (χ2v) is 2.66. The Hall–Kier alpha value is -1.36. The summed E-state index contributed by atoms with van der Waals surface area (Å²) in [6.07, 6.45) is 2.55. The number of nitrogens with zero attached hydrogens (tertiary/aromatic N) is 2. The average molecular weight is 197 g/mol. The zero-order valence-electron chi connectivity index (χ0n) is 8.27. The SMILES string of the molecule is CCCOc1ccnc(OCCN)n1. The molecular weight excluding hydrogens is 182 g/mol. The molecule has 14 heavy (non-hydrogen) atoms. The molecule has 0 spiro atoms. The summed E-state index contributed by atoms with van der Waals surface area (Å²) in [6.45, 7) is 3.54. The van der Waals surface area contributed by atoms with Gasteiger partial charge in [0.15, 0.2) is 0 Å². The van der Waals surface area contributed by atoms with Crippen molar-refractivity contribution < 1.29 is 9.47 Å². The van der Waals surface area contributed by atoms with Crippen LogP contribution in [0.4, 0.5) is 0 Å². The first kappa shape index (κ1) is 10.7. The minimum atomic E-state index is 0.309. The second-order valence-electron chi connectivity index (χ2n) is 2.66. The quantitative estimate of drug-likeness (QED) is 0.723. The summed E-state index contributed by atoms with van der Waals surface area (Å²) in [4.78, 5) is 7.95. The van der Waals surface area contributed by atoms with Gasteiger partial charge in [-0.25, -0.2) is 4.98 Å². The van der Waals surface area contributed by atoms with Gasteiger partial charge in [-0.15, -0.1) is 0 Å². The third-order valence-electron chi connectivity index (χ3n) is 1.41. The molecule has 1 heterocycles. The standard InChI is InChI=1S/C9H15N3O2/c1-2-6-13-8-3-5-11-9(12-8)14-7-4-10/h3,5H,2,4,6-7,10H2,1H3. The van der Waals surface area contributed by atoms with Crippen LogP contribution in [0.2, 0.25) is 0 Å². The Morgan fingerprint density at radius 1 is 1.36 bits per heavy atom. The van der Waals surface area contributed by atoms with Crippen LogP contribution in [-0.2, 0) is 0 Å². The van der Waals surface area contributed by atoms with E-state index in [9.17, 15) is 0 Å². The summed E-state index contributed by atoms with van der Waals surface area (Å²) in [5.41, 5.74) is 5.28. The number of ether oxygens (including phenoxy) is 2. The van der Waals surface area contributed by atoms with Crippen LogP contribution in [0.3, 0.4) is 0 Å². The molecule has 5 heteroatoms. The molecule has 78 valence electrons. The van der Waals surface area contributed by atoms with Crippen LogP contribution >= 0.6 is 0 Å². The molecule has 1 aromatic rings. The van der Waals surface area contributed by atoms with Crippen LogP contribution in [0, 0.1) is 0 Å². The highest BCUT2D eigenvalue weighted by molar-refractivity contribution is 5.10. The van der Waals surface area contributed by atoms with E-state index in [-0.39, 0.29) is 0 Å². The van der Waals surface area contributed by atoms with Gasteiger partial charge in [0.1, 0.15) is 6.61 Å². The monoisotopic (exact) mass is 197 g/mol. The van der Waals surface area contributed by atoms with Gasteiger partial charge in [0, 0.05) is 18.8 Å². The molecule has 0 fully saturated rings. The van der Waals surface area contributed by atoms with Crippen LogP contribution in [0.25, 0.3) is 0 Å². The Balaban J connectivity index is 2.50. The number of hydrogen-bond acceptors (Lipinski definition) is 5. The molecule has 1 rings (SSSR count). The molecule has 0 aliphatic rings. The lowest BCUT2D eigenvalue weighted by molar-refractivity contribution is 0.275. The molecule has 0 saturated heterocycles. The van der Waals surface area contributed by atoms with E-state index in [1.165, 1.54) is 0 Å². The van der Waals surface area contributed by atoms with Gasteiger partial charge in [-0.3, -0.25) is 0 Å². The van der Waals surface area contributed by atoms with E-state index in [0.29, 0.717) is 31.6 Å². The van der Waals surface area contributed by atoms with E-state index >= 15 is 0 Å². The maximum absolute atomic E-state index is 5.31. The smallest absolute Gasteiger partial charge is 0.319 e. The molecule has 0 unspecified atom stereocenters. The molecular formula is C9H15N3O2. The number of aromatic nitrogens is 2. The maximum Gasteiger partial charge on any atom is 0.319 e. The van der Waals surface area contributed by atoms with Gasteiger partial charge in [-0.2, -0.15) is 4.98 Å². The fourth-order valence-corrected chi connectivity index (χ4v) is 0.832. The highest BCUT2D eigenvalue weighted by Crippen LogP contribution is 2.09. The summed E-state index contributed by atoms with van der Waals surface area (Å²) in [6, 6.07) is 2.01. The van der Waals surface area contributed by atoms with Gasteiger partial charge < -0.3 is 15.2 Å². The Morgan fingerprint density at radius 3 is 2.93 bits per heavy atom. The van der Waals surface area contributed by atoms with Crippen molar-refractivity contribution in [2.24, 2.45) is 5.73 Å². The molecule has 0 radical (unpaired) electrons. The van der Waals surface area contributed by atoms with Gasteiger partial charge in [-0.05, 0) is 6.42 Å². The number of rotatable bonds is 6. The van der Waals surface area contributed by atoms with Gasteiger partial charge in [0.05, 0.1) is 6.61 Å². The van der Waals surface area contributed by atoms with Crippen LogP contribution in [0.5, 0.6) is 11.9 Å². The van der Waals surface area contributed by atoms with E-state index in [1.54, 1.807) is 12.3 Å². The van der Waals surface area contributed by atoms with Crippen molar-refractivity contribution >= 4 is 0 Å². The van der Waals surface area contributed by atoms with Gasteiger partial charge in [-0.1, -0.05) is 6.92 Å². The minimum absolute atomic E-state index is 0.309. The van der Waals surface area contributed by atoms with E-state index in [4.69, 9.17) is 15.2 Å². The molecule has 1 aromatic heterocycles. The van der Waals surface area contributed by atoms with Gasteiger partial charge >= 0.3 is 6.01 Å². The van der Waals surface area contributed by atoms with Crippen molar-refractivity contribution in [2.75, 3.05) is 19.8 Å². The van der Waals surface area contributed by atoms with Crippen molar-refractivity contribution in [1.29, 1.82) is 0 Å². The van der Waals surface area contributed by atoms with E-state index in [1.807, 2.05) is 6.92 Å². The number of hydrogen-bond donors (Lipinski definition) is 1. The fraction of sp³-hybridized carbons (Fsp3) is 0.556. The highest BCUT2D eigenvalue weighted by atomic mass is 16.5. The Bertz CT molecular complexity index is 245. The summed E-state index contributed by atoms with van der Waals surface area (Å²) < 4.78 is 10.5. The molecule has 5 nitrogen and oxygen atoms in total.